The van der Waals surface area contributed by atoms with Crippen molar-refractivity contribution in [3.05, 3.63) is 17.5 Å². The quantitative estimate of drug-likeness (QED) is 0.785. The summed E-state index contributed by atoms with van der Waals surface area (Å²) in [6.07, 6.45) is 3.03. The molecule has 1 fully saturated rings. The number of alkyl halides is 1. The molecule has 4 nitrogen and oxygen atoms in total. The van der Waals surface area contributed by atoms with Gasteiger partial charge in [0.25, 0.3) is 0 Å². The Morgan fingerprint density at radius 1 is 1.53 bits per heavy atom. The van der Waals surface area contributed by atoms with Gasteiger partial charge in [-0.25, -0.2) is 19.0 Å². The number of fused-ring (bicyclic) bond motifs is 1. The van der Waals surface area contributed by atoms with Gasteiger partial charge in [-0.3, -0.25) is 0 Å². The minimum atomic E-state index is -0.684. The Morgan fingerprint density at radius 3 is 3.07 bits per heavy atom. The van der Waals surface area contributed by atoms with Crippen LogP contribution < -0.4 is 0 Å². The van der Waals surface area contributed by atoms with Crippen molar-refractivity contribution in [2.75, 3.05) is 0 Å². The van der Waals surface area contributed by atoms with Crippen molar-refractivity contribution in [3.63, 3.8) is 0 Å². The molecule has 1 aliphatic carbocycles. The zero-order chi connectivity index (χ0) is 10.4. The zero-order valence-electron chi connectivity index (χ0n) is 7.77. The van der Waals surface area contributed by atoms with Gasteiger partial charge >= 0.3 is 0 Å². The van der Waals surface area contributed by atoms with Gasteiger partial charge in [0.15, 0.2) is 5.65 Å². The lowest BCUT2D eigenvalue weighted by molar-refractivity contribution is 0.419. The van der Waals surface area contributed by atoms with Crippen molar-refractivity contribution in [3.8, 4) is 0 Å². The molecule has 1 aliphatic rings. The molecule has 2 heterocycles. The third-order valence-corrected chi connectivity index (χ3v) is 2.74. The van der Waals surface area contributed by atoms with Crippen molar-refractivity contribution in [2.24, 2.45) is 5.92 Å². The van der Waals surface area contributed by atoms with Crippen molar-refractivity contribution < 1.29 is 4.39 Å². The van der Waals surface area contributed by atoms with Crippen molar-refractivity contribution in [1.29, 1.82) is 0 Å². The molecule has 2 aromatic heterocycles. The van der Waals surface area contributed by atoms with Crippen LogP contribution in [0.1, 0.15) is 6.42 Å². The first-order valence-corrected chi connectivity index (χ1v) is 5.10. The maximum atomic E-state index is 12.7. The maximum Gasteiger partial charge on any atom is 0.178 e. The van der Waals surface area contributed by atoms with E-state index in [4.69, 9.17) is 11.6 Å². The second-order valence-electron chi connectivity index (χ2n) is 3.74. The first-order chi connectivity index (χ1) is 7.24. The van der Waals surface area contributed by atoms with Crippen LogP contribution in [-0.2, 0) is 6.54 Å². The summed E-state index contributed by atoms with van der Waals surface area (Å²) in [5, 5.41) is 4.45. The number of aromatic nitrogens is 4. The number of nitrogens with zero attached hydrogens (tertiary/aromatic N) is 4. The molecule has 0 aliphatic heterocycles. The second kappa shape index (κ2) is 3.13. The van der Waals surface area contributed by atoms with Gasteiger partial charge in [-0.1, -0.05) is 11.6 Å². The van der Waals surface area contributed by atoms with E-state index in [1.165, 1.54) is 6.20 Å². The Bertz CT molecular complexity index is 512. The van der Waals surface area contributed by atoms with Gasteiger partial charge in [-0.2, -0.15) is 5.10 Å². The Hall–Kier alpha value is -1.23. The molecule has 0 aromatic carbocycles. The van der Waals surface area contributed by atoms with E-state index in [1.54, 1.807) is 10.9 Å². The van der Waals surface area contributed by atoms with Crippen LogP contribution in [0.5, 0.6) is 0 Å². The van der Waals surface area contributed by atoms with Gasteiger partial charge in [0, 0.05) is 12.5 Å². The molecule has 1 saturated carbocycles. The van der Waals surface area contributed by atoms with Crippen LogP contribution in [-0.4, -0.2) is 25.9 Å². The zero-order valence-corrected chi connectivity index (χ0v) is 8.52. The van der Waals surface area contributed by atoms with Gasteiger partial charge in [0.05, 0.1) is 12.4 Å². The fourth-order valence-electron chi connectivity index (χ4n) is 1.58. The van der Waals surface area contributed by atoms with E-state index in [9.17, 15) is 4.39 Å². The van der Waals surface area contributed by atoms with Gasteiger partial charge < -0.3 is 0 Å². The molecule has 0 amide bonds. The van der Waals surface area contributed by atoms with Crippen molar-refractivity contribution in [2.45, 2.75) is 19.1 Å². The largest absolute Gasteiger partial charge is 0.248 e. The maximum absolute atomic E-state index is 12.7. The van der Waals surface area contributed by atoms with E-state index in [0.29, 0.717) is 29.3 Å². The smallest absolute Gasteiger partial charge is 0.178 e. The van der Waals surface area contributed by atoms with E-state index in [-0.39, 0.29) is 5.92 Å². The molecule has 15 heavy (non-hydrogen) atoms. The summed E-state index contributed by atoms with van der Waals surface area (Å²) >= 11 is 5.74. The lowest BCUT2D eigenvalue weighted by Crippen LogP contribution is -2.04. The summed E-state index contributed by atoms with van der Waals surface area (Å²) in [7, 11) is 0. The van der Waals surface area contributed by atoms with E-state index < -0.39 is 6.17 Å². The monoisotopic (exact) mass is 226 g/mol. The van der Waals surface area contributed by atoms with E-state index >= 15 is 0 Å². The van der Waals surface area contributed by atoms with Crippen LogP contribution in [0, 0.1) is 5.92 Å². The standard InChI is InChI=1S/C9H8ClFN4/c10-8-3-12-7-2-13-15(9(7)14-8)4-5-1-6(5)11/h2-3,5-6H,1,4H2/t5-,6-/m0/s1. The Balaban J connectivity index is 1.99. The van der Waals surface area contributed by atoms with E-state index in [2.05, 4.69) is 15.1 Å². The molecule has 2 aromatic rings. The lowest BCUT2D eigenvalue weighted by atomic mass is 10.4. The number of rotatable bonds is 2. The molecule has 0 spiro atoms. The predicted octanol–water partition coefficient (Wildman–Crippen LogP) is 1.84. The SMILES string of the molecule is F[C@H]1C[C@H]1Cn1ncc2ncc(Cl)nc21. The number of hydrogen-bond donors (Lipinski definition) is 0. The van der Waals surface area contributed by atoms with Crippen LogP contribution in [0.15, 0.2) is 12.4 Å². The molecule has 0 saturated heterocycles. The molecule has 0 bridgehead atoms. The third kappa shape index (κ3) is 1.56. The minimum absolute atomic E-state index is 0.0777. The van der Waals surface area contributed by atoms with Gasteiger partial charge in [-0.15, -0.1) is 0 Å². The molecule has 3 rings (SSSR count). The van der Waals surface area contributed by atoms with Crippen LogP contribution >= 0.6 is 11.6 Å². The molecule has 2 atom stereocenters. The fraction of sp³-hybridized carbons (Fsp3) is 0.444. The Kier molecular flexibility index (Phi) is 1.88. The summed E-state index contributed by atoms with van der Waals surface area (Å²) in [5.41, 5.74) is 1.32. The predicted molar refractivity (Wildman–Crippen MR) is 53.3 cm³/mol. The lowest BCUT2D eigenvalue weighted by Gasteiger charge is -1.99. The van der Waals surface area contributed by atoms with E-state index in [1.807, 2.05) is 0 Å². The molecule has 0 radical (unpaired) electrons. The summed E-state index contributed by atoms with van der Waals surface area (Å²) in [6.45, 7) is 0.555. The molecule has 0 unspecified atom stereocenters. The first kappa shape index (κ1) is 9.03. The molecule has 0 N–H and O–H groups in total. The van der Waals surface area contributed by atoms with Crippen molar-refractivity contribution >= 4 is 22.8 Å². The van der Waals surface area contributed by atoms with Gasteiger partial charge in [-0.05, 0) is 6.42 Å². The van der Waals surface area contributed by atoms with Crippen molar-refractivity contribution in [1.82, 2.24) is 19.7 Å². The van der Waals surface area contributed by atoms with E-state index in [0.717, 1.165) is 0 Å². The summed E-state index contributed by atoms with van der Waals surface area (Å²) in [5.74, 6) is 0.0777. The van der Waals surface area contributed by atoms with Crippen LogP contribution in [0.2, 0.25) is 5.15 Å². The van der Waals surface area contributed by atoms with Crippen LogP contribution in [0.3, 0.4) is 0 Å². The third-order valence-electron chi connectivity index (χ3n) is 2.56. The molecule has 6 heteroatoms. The fourth-order valence-corrected chi connectivity index (χ4v) is 1.71. The highest BCUT2D eigenvalue weighted by Gasteiger charge is 2.38. The normalized spacial score (nSPS) is 24.7. The summed E-state index contributed by atoms with van der Waals surface area (Å²) < 4.78 is 14.4. The molecular formula is C9H8ClFN4. The average Bonchev–Trinajstić information content (AvgIpc) is 2.74. The second-order valence-corrected chi connectivity index (χ2v) is 4.13. The summed E-state index contributed by atoms with van der Waals surface area (Å²) in [4.78, 5) is 8.20. The molecular weight excluding hydrogens is 219 g/mol. The topological polar surface area (TPSA) is 43.6 Å². The number of halogens is 2. The van der Waals surface area contributed by atoms with Crippen LogP contribution in [0.25, 0.3) is 11.2 Å². The Labute approximate surface area is 90.1 Å². The average molecular weight is 227 g/mol. The highest BCUT2D eigenvalue weighted by atomic mass is 35.5. The summed E-state index contributed by atoms with van der Waals surface area (Å²) in [6, 6.07) is 0. The number of hydrogen-bond acceptors (Lipinski definition) is 3. The van der Waals surface area contributed by atoms with Crippen LogP contribution in [0.4, 0.5) is 4.39 Å². The minimum Gasteiger partial charge on any atom is -0.248 e. The first-order valence-electron chi connectivity index (χ1n) is 4.72. The highest BCUT2D eigenvalue weighted by Crippen LogP contribution is 2.35. The highest BCUT2D eigenvalue weighted by molar-refractivity contribution is 6.29. The van der Waals surface area contributed by atoms with Gasteiger partial charge in [0.1, 0.15) is 16.8 Å². The Morgan fingerprint density at radius 2 is 2.33 bits per heavy atom. The molecule has 78 valence electrons. The van der Waals surface area contributed by atoms with Gasteiger partial charge in [0.2, 0.25) is 0 Å².